The Labute approximate surface area is 97.0 Å². The molecule has 0 aromatic rings. The standard InChI is InChI=1S/C14H30N/c1-3-5-6-7-8-9-10-11-12-13-14-15-4-2/h4,15H,3,5-14H2,1-2H3. The third-order valence-corrected chi connectivity index (χ3v) is 2.88. The molecule has 0 aliphatic heterocycles. The van der Waals surface area contributed by atoms with Gasteiger partial charge in [0.2, 0.25) is 0 Å². The lowest BCUT2D eigenvalue weighted by molar-refractivity contribution is 0.551. The molecule has 0 saturated carbocycles. The fourth-order valence-corrected chi connectivity index (χ4v) is 1.86. The summed E-state index contributed by atoms with van der Waals surface area (Å²) in [4.78, 5) is 0. The van der Waals surface area contributed by atoms with Crippen LogP contribution in [0.2, 0.25) is 0 Å². The van der Waals surface area contributed by atoms with Gasteiger partial charge in [-0.1, -0.05) is 64.7 Å². The van der Waals surface area contributed by atoms with E-state index in [2.05, 4.69) is 19.2 Å². The first kappa shape index (κ1) is 15.0. The van der Waals surface area contributed by atoms with Crippen molar-refractivity contribution >= 4 is 0 Å². The second-order valence-electron chi connectivity index (χ2n) is 4.42. The van der Waals surface area contributed by atoms with Gasteiger partial charge < -0.3 is 5.32 Å². The molecule has 91 valence electrons. The number of nitrogens with one attached hydrogen (secondary N) is 1. The van der Waals surface area contributed by atoms with E-state index in [1.807, 2.05) is 6.54 Å². The van der Waals surface area contributed by atoms with Crippen molar-refractivity contribution in [3.05, 3.63) is 6.54 Å². The molecular weight excluding hydrogens is 182 g/mol. The van der Waals surface area contributed by atoms with Crippen molar-refractivity contribution < 1.29 is 0 Å². The van der Waals surface area contributed by atoms with Crippen LogP contribution in [0.1, 0.15) is 78.1 Å². The third kappa shape index (κ3) is 14.0. The Bertz CT molecular complexity index is 89.5. The van der Waals surface area contributed by atoms with Crippen molar-refractivity contribution in [3.8, 4) is 0 Å². The molecule has 0 bridgehead atoms. The Morgan fingerprint density at radius 3 is 1.67 bits per heavy atom. The van der Waals surface area contributed by atoms with Gasteiger partial charge in [0.1, 0.15) is 0 Å². The lowest BCUT2D eigenvalue weighted by Crippen LogP contribution is -2.08. The monoisotopic (exact) mass is 212 g/mol. The molecule has 1 radical (unpaired) electrons. The summed E-state index contributed by atoms with van der Waals surface area (Å²) in [7, 11) is 0. The van der Waals surface area contributed by atoms with Gasteiger partial charge in [0, 0.05) is 6.54 Å². The first-order valence-corrected chi connectivity index (χ1v) is 6.93. The van der Waals surface area contributed by atoms with E-state index in [0.29, 0.717) is 0 Å². The quantitative estimate of drug-likeness (QED) is 0.463. The molecule has 0 aromatic heterocycles. The summed E-state index contributed by atoms with van der Waals surface area (Å²) in [6.07, 6.45) is 14.2. The number of unbranched alkanes of at least 4 members (excludes halogenated alkanes) is 9. The van der Waals surface area contributed by atoms with E-state index >= 15 is 0 Å². The second-order valence-corrected chi connectivity index (χ2v) is 4.42. The molecule has 0 saturated heterocycles. The minimum atomic E-state index is 1.16. The summed E-state index contributed by atoms with van der Waals surface area (Å²) in [6.45, 7) is 7.53. The van der Waals surface area contributed by atoms with Crippen molar-refractivity contribution in [3.63, 3.8) is 0 Å². The highest BCUT2D eigenvalue weighted by atomic mass is 14.8. The minimum Gasteiger partial charge on any atom is -0.313 e. The summed E-state index contributed by atoms with van der Waals surface area (Å²) in [5.74, 6) is 0. The molecule has 0 fully saturated rings. The maximum absolute atomic E-state index is 3.25. The van der Waals surface area contributed by atoms with Gasteiger partial charge >= 0.3 is 0 Å². The van der Waals surface area contributed by atoms with Crippen molar-refractivity contribution in [1.29, 1.82) is 0 Å². The van der Waals surface area contributed by atoms with E-state index in [9.17, 15) is 0 Å². The van der Waals surface area contributed by atoms with Gasteiger partial charge in [-0.2, -0.15) is 0 Å². The van der Waals surface area contributed by atoms with Gasteiger partial charge in [-0.05, 0) is 19.9 Å². The molecule has 1 nitrogen and oxygen atoms in total. The first-order valence-electron chi connectivity index (χ1n) is 6.93. The smallest absolute Gasteiger partial charge is 0.0190 e. The molecule has 0 amide bonds. The number of hydrogen-bond acceptors (Lipinski definition) is 1. The molecule has 1 heteroatoms. The molecular formula is C14H30N. The van der Waals surface area contributed by atoms with Gasteiger partial charge in [0.25, 0.3) is 0 Å². The molecule has 0 atom stereocenters. The summed E-state index contributed by atoms with van der Waals surface area (Å²) >= 11 is 0. The summed E-state index contributed by atoms with van der Waals surface area (Å²) in [5.41, 5.74) is 0. The van der Waals surface area contributed by atoms with Crippen molar-refractivity contribution in [2.75, 3.05) is 6.54 Å². The van der Waals surface area contributed by atoms with Crippen LogP contribution in [0, 0.1) is 6.54 Å². The Hall–Kier alpha value is -0.0400. The van der Waals surface area contributed by atoms with E-state index in [-0.39, 0.29) is 0 Å². The Morgan fingerprint density at radius 1 is 0.733 bits per heavy atom. The van der Waals surface area contributed by atoms with Gasteiger partial charge in [-0.3, -0.25) is 0 Å². The van der Waals surface area contributed by atoms with Crippen LogP contribution in [0.15, 0.2) is 0 Å². The zero-order valence-corrected chi connectivity index (χ0v) is 10.9. The van der Waals surface area contributed by atoms with Gasteiger partial charge in [-0.25, -0.2) is 0 Å². The van der Waals surface area contributed by atoms with E-state index < -0.39 is 0 Å². The summed E-state index contributed by atoms with van der Waals surface area (Å²) in [6, 6.07) is 0. The van der Waals surface area contributed by atoms with Crippen LogP contribution < -0.4 is 5.32 Å². The average Bonchev–Trinajstić information content (AvgIpc) is 2.26. The van der Waals surface area contributed by atoms with Gasteiger partial charge in [0.15, 0.2) is 0 Å². The van der Waals surface area contributed by atoms with E-state index in [0.717, 1.165) is 6.54 Å². The third-order valence-electron chi connectivity index (χ3n) is 2.88. The van der Waals surface area contributed by atoms with Crippen LogP contribution in [0.4, 0.5) is 0 Å². The second kappa shape index (κ2) is 14.0. The van der Waals surface area contributed by atoms with Gasteiger partial charge in [0.05, 0.1) is 0 Å². The maximum atomic E-state index is 3.25. The Kier molecular flexibility index (Phi) is 13.9. The van der Waals surface area contributed by atoms with Crippen LogP contribution in [-0.4, -0.2) is 6.54 Å². The highest BCUT2D eigenvalue weighted by Crippen LogP contribution is 2.10. The highest BCUT2D eigenvalue weighted by molar-refractivity contribution is 4.53. The topological polar surface area (TPSA) is 12.0 Å². The first-order chi connectivity index (χ1) is 7.41. The normalized spacial score (nSPS) is 10.8. The number of hydrogen-bond donors (Lipinski definition) is 1. The van der Waals surface area contributed by atoms with Crippen molar-refractivity contribution in [1.82, 2.24) is 5.32 Å². The van der Waals surface area contributed by atoms with E-state index in [4.69, 9.17) is 0 Å². The zero-order chi connectivity index (χ0) is 11.2. The summed E-state index contributed by atoms with van der Waals surface area (Å²) in [5, 5.41) is 3.25. The fraction of sp³-hybridized carbons (Fsp3) is 0.929. The minimum absolute atomic E-state index is 1.16. The predicted octanol–water partition coefficient (Wildman–Crippen LogP) is 4.68. The predicted molar refractivity (Wildman–Crippen MR) is 69.8 cm³/mol. The Morgan fingerprint density at radius 2 is 1.20 bits per heavy atom. The van der Waals surface area contributed by atoms with Crippen LogP contribution in [0.3, 0.4) is 0 Å². The SMILES string of the molecule is C[CH]NCCCCCCCCCCCC. The molecule has 0 aliphatic carbocycles. The van der Waals surface area contributed by atoms with E-state index in [1.54, 1.807) is 0 Å². The molecule has 0 spiro atoms. The lowest BCUT2D eigenvalue weighted by atomic mass is 10.1. The molecule has 0 unspecified atom stereocenters. The van der Waals surface area contributed by atoms with Crippen molar-refractivity contribution in [2.45, 2.75) is 78.1 Å². The average molecular weight is 212 g/mol. The molecule has 0 aromatic carbocycles. The highest BCUT2D eigenvalue weighted by Gasteiger charge is 1.92. The maximum Gasteiger partial charge on any atom is 0.0190 e. The lowest BCUT2D eigenvalue weighted by Gasteiger charge is -2.02. The zero-order valence-electron chi connectivity index (χ0n) is 10.9. The molecule has 1 N–H and O–H groups in total. The van der Waals surface area contributed by atoms with Crippen LogP contribution in [0.5, 0.6) is 0 Å². The molecule has 0 heterocycles. The van der Waals surface area contributed by atoms with E-state index in [1.165, 1.54) is 64.2 Å². The molecule has 15 heavy (non-hydrogen) atoms. The fourth-order valence-electron chi connectivity index (χ4n) is 1.86. The van der Waals surface area contributed by atoms with Crippen molar-refractivity contribution in [2.24, 2.45) is 0 Å². The van der Waals surface area contributed by atoms with Crippen LogP contribution >= 0.6 is 0 Å². The van der Waals surface area contributed by atoms with Crippen LogP contribution in [0.25, 0.3) is 0 Å². The van der Waals surface area contributed by atoms with Gasteiger partial charge in [-0.15, -0.1) is 0 Å². The number of rotatable bonds is 12. The Balaban J connectivity index is 2.81. The largest absolute Gasteiger partial charge is 0.313 e. The molecule has 0 rings (SSSR count). The summed E-state index contributed by atoms with van der Waals surface area (Å²) < 4.78 is 0. The van der Waals surface area contributed by atoms with Crippen LogP contribution in [-0.2, 0) is 0 Å². The molecule has 0 aliphatic rings.